The smallest absolute Gasteiger partial charge is 0.316 e. The minimum absolute atomic E-state index is 0.0947. The number of hydrogen-bond donors (Lipinski definition) is 0. The van der Waals surface area contributed by atoms with Crippen LogP contribution in [0.25, 0.3) is 0 Å². The lowest BCUT2D eigenvalue weighted by Gasteiger charge is -2.14. The van der Waals surface area contributed by atoms with Gasteiger partial charge in [-0.1, -0.05) is 6.92 Å². The van der Waals surface area contributed by atoms with Crippen molar-refractivity contribution in [2.45, 2.75) is 19.8 Å². The van der Waals surface area contributed by atoms with Gasteiger partial charge in [-0.15, -0.1) is 0 Å². The first-order chi connectivity index (χ1) is 4.20. The van der Waals surface area contributed by atoms with E-state index in [0.717, 1.165) is 0 Å². The van der Waals surface area contributed by atoms with Crippen LogP contribution in [0.1, 0.15) is 19.8 Å². The molecule has 0 aromatic heterocycles. The maximum Gasteiger partial charge on any atom is 0.316 e. The summed E-state index contributed by atoms with van der Waals surface area (Å²) in [6, 6.07) is 0. The zero-order valence-electron chi connectivity index (χ0n) is 5.22. The van der Waals surface area contributed by atoms with Crippen molar-refractivity contribution in [2.75, 3.05) is 0 Å². The van der Waals surface area contributed by atoms with Crippen molar-refractivity contribution < 1.29 is 14.3 Å². The molecule has 0 radical (unpaired) electrons. The molecule has 0 N–H and O–H groups in total. The summed E-state index contributed by atoms with van der Waals surface area (Å²) in [6.07, 6.45) is 1.02. The van der Waals surface area contributed by atoms with E-state index in [1.807, 2.05) is 0 Å². The lowest BCUT2D eigenvalue weighted by molar-refractivity contribution is -0.166. The molecule has 3 heteroatoms. The molecule has 0 aromatic rings. The molecule has 3 nitrogen and oxygen atoms in total. The van der Waals surface area contributed by atoms with E-state index >= 15 is 0 Å². The molecule has 1 atom stereocenters. The van der Waals surface area contributed by atoms with Crippen LogP contribution in [0.3, 0.4) is 0 Å². The average molecular weight is 128 g/mol. The van der Waals surface area contributed by atoms with Crippen LogP contribution in [-0.4, -0.2) is 11.9 Å². The topological polar surface area (TPSA) is 43.4 Å². The summed E-state index contributed by atoms with van der Waals surface area (Å²) in [7, 11) is 0. The van der Waals surface area contributed by atoms with Crippen LogP contribution in [0.15, 0.2) is 0 Å². The van der Waals surface area contributed by atoms with Crippen LogP contribution in [-0.2, 0) is 14.3 Å². The van der Waals surface area contributed by atoms with Crippen LogP contribution in [0.2, 0.25) is 0 Å². The minimum Gasteiger partial charge on any atom is -0.393 e. The molecule has 0 saturated carbocycles. The molecule has 1 rings (SSSR count). The second-order valence-electron chi connectivity index (χ2n) is 2.23. The van der Waals surface area contributed by atoms with E-state index in [1.165, 1.54) is 0 Å². The first kappa shape index (κ1) is 6.26. The maximum absolute atomic E-state index is 10.6. The molecule has 1 aliphatic heterocycles. The number of rotatable bonds is 0. The number of cyclic esters (lactones) is 2. The molecule has 0 spiro atoms. The summed E-state index contributed by atoms with van der Waals surface area (Å²) in [4.78, 5) is 20.9. The highest BCUT2D eigenvalue weighted by atomic mass is 16.6. The standard InChI is InChI=1S/C6H8O3/c1-4-2-3-5(7)9-6(4)8/h4H,2-3H2,1H3/t4-/m1/s1. The lowest BCUT2D eigenvalue weighted by Crippen LogP contribution is -2.25. The Balaban J connectivity index is 2.54. The van der Waals surface area contributed by atoms with Gasteiger partial charge in [0.25, 0.3) is 0 Å². The Morgan fingerprint density at radius 3 is 2.67 bits per heavy atom. The molecular formula is C6H8O3. The molecule has 0 bridgehead atoms. The molecule has 0 aromatic carbocycles. The number of carbonyl (C=O) groups excluding carboxylic acids is 2. The van der Waals surface area contributed by atoms with Gasteiger partial charge in [0.05, 0.1) is 5.92 Å². The first-order valence-corrected chi connectivity index (χ1v) is 2.94. The Bertz CT molecular complexity index is 150. The summed E-state index contributed by atoms with van der Waals surface area (Å²) < 4.78 is 4.32. The zero-order valence-corrected chi connectivity index (χ0v) is 5.22. The van der Waals surface area contributed by atoms with Crippen LogP contribution < -0.4 is 0 Å². The number of carbonyl (C=O) groups is 2. The van der Waals surface area contributed by atoms with Gasteiger partial charge in [0, 0.05) is 6.42 Å². The van der Waals surface area contributed by atoms with Crippen molar-refractivity contribution >= 4 is 11.9 Å². The van der Waals surface area contributed by atoms with E-state index in [1.54, 1.807) is 6.92 Å². The van der Waals surface area contributed by atoms with E-state index in [2.05, 4.69) is 4.74 Å². The van der Waals surface area contributed by atoms with Gasteiger partial charge in [-0.25, -0.2) is 0 Å². The second-order valence-corrected chi connectivity index (χ2v) is 2.23. The fourth-order valence-electron chi connectivity index (χ4n) is 0.716. The summed E-state index contributed by atoms with van der Waals surface area (Å²) in [5.41, 5.74) is 0. The Hall–Kier alpha value is -0.860. The van der Waals surface area contributed by atoms with Gasteiger partial charge in [0.2, 0.25) is 0 Å². The van der Waals surface area contributed by atoms with Gasteiger partial charge in [-0.2, -0.15) is 0 Å². The van der Waals surface area contributed by atoms with Crippen molar-refractivity contribution in [2.24, 2.45) is 5.92 Å². The van der Waals surface area contributed by atoms with Crippen molar-refractivity contribution in [3.63, 3.8) is 0 Å². The van der Waals surface area contributed by atoms with E-state index < -0.39 is 5.97 Å². The fourth-order valence-corrected chi connectivity index (χ4v) is 0.716. The van der Waals surface area contributed by atoms with Crippen molar-refractivity contribution in [3.8, 4) is 0 Å². The van der Waals surface area contributed by atoms with Crippen LogP contribution >= 0.6 is 0 Å². The van der Waals surface area contributed by atoms with Gasteiger partial charge in [0.1, 0.15) is 0 Å². The average Bonchev–Trinajstić information content (AvgIpc) is 1.80. The van der Waals surface area contributed by atoms with Gasteiger partial charge >= 0.3 is 11.9 Å². The highest BCUT2D eigenvalue weighted by Gasteiger charge is 2.24. The second kappa shape index (κ2) is 2.17. The Labute approximate surface area is 53.0 Å². The van der Waals surface area contributed by atoms with Crippen LogP contribution in [0.4, 0.5) is 0 Å². The summed E-state index contributed by atoms with van der Waals surface area (Å²) in [5, 5.41) is 0. The Kier molecular flexibility index (Phi) is 1.51. The molecule has 1 saturated heterocycles. The van der Waals surface area contributed by atoms with Crippen molar-refractivity contribution in [1.29, 1.82) is 0 Å². The summed E-state index contributed by atoms with van der Waals surface area (Å²) in [5.74, 6) is -0.868. The predicted octanol–water partition coefficient (Wildman–Crippen LogP) is 0.486. The number of hydrogen-bond acceptors (Lipinski definition) is 3. The lowest BCUT2D eigenvalue weighted by atomic mass is 10.0. The normalized spacial score (nSPS) is 27.9. The molecular weight excluding hydrogens is 120 g/mol. The van der Waals surface area contributed by atoms with E-state index in [9.17, 15) is 9.59 Å². The minimum atomic E-state index is -0.391. The van der Waals surface area contributed by atoms with Crippen molar-refractivity contribution in [3.05, 3.63) is 0 Å². The van der Waals surface area contributed by atoms with Gasteiger partial charge in [-0.05, 0) is 6.42 Å². The fraction of sp³-hybridized carbons (Fsp3) is 0.667. The SMILES string of the molecule is C[C@@H]1CCC(=O)OC1=O. The third-order valence-electron chi connectivity index (χ3n) is 1.40. The molecule has 1 aliphatic rings. The highest BCUT2D eigenvalue weighted by Crippen LogP contribution is 2.14. The van der Waals surface area contributed by atoms with E-state index in [-0.39, 0.29) is 11.9 Å². The van der Waals surface area contributed by atoms with E-state index in [0.29, 0.717) is 12.8 Å². The molecule has 0 unspecified atom stereocenters. The predicted molar refractivity (Wildman–Crippen MR) is 29.5 cm³/mol. The highest BCUT2D eigenvalue weighted by molar-refractivity contribution is 5.89. The zero-order chi connectivity index (χ0) is 6.85. The molecule has 50 valence electrons. The molecule has 9 heavy (non-hydrogen) atoms. The van der Waals surface area contributed by atoms with Gasteiger partial charge in [-0.3, -0.25) is 9.59 Å². The first-order valence-electron chi connectivity index (χ1n) is 2.94. The summed E-state index contributed by atoms with van der Waals surface area (Å²) in [6.45, 7) is 1.76. The summed E-state index contributed by atoms with van der Waals surface area (Å²) >= 11 is 0. The monoisotopic (exact) mass is 128 g/mol. The molecule has 1 fully saturated rings. The van der Waals surface area contributed by atoms with Crippen LogP contribution in [0, 0.1) is 5.92 Å². The Morgan fingerprint density at radius 2 is 2.22 bits per heavy atom. The molecule has 1 heterocycles. The number of esters is 2. The van der Waals surface area contributed by atoms with E-state index in [4.69, 9.17) is 0 Å². The third-order valence-corrected chi connectivity index (χ3v) is 1.40. The maximum atomic E-state index is 10.6. The van der Waals surface area contributed by atoms with Gasteiger partial charge < -0.3 is 4.74 Å². The van der Waals surface area contributed by atoms with Crippen molar-refractivity contribution in [1.82, 2.24) is 0 Å². The molecule has 0 aliphatic carbocycles. The molecule has 0 amide bonds. The largest absolute Gasteiger partial charge is 0.393 e. The van der Waals surface area contributed by atoms with Gasteiger partial charge in [0.15, 0.2) is 0 Å². The third kappa shape index (κ3) is 1.28. The number of ether oxygens (including phenoxy) is 1. The quantitative estimate of drug-likeness (QED) is 0.352. The Morgan fingerprint density at radius 1 is 1.56 bits per heavy atom. The van der Waals surface area contributed by atoms with Crippen LogP contribution in [0.5, 0.6) is 0 Å².